The lowest BCUT2D eigenvalue weighted by Crippen LogP contribution is -2.25. The average molecular weight is 691 g/mol. The summed E-state index contributed by atoms with van der Waals surface area (Å²) >= 11 is 4.03. The van der Waals surface area contributed by atoms with E-state index in [-0.39, 0.29) is 29.0 Å². The molecule has 48 heavy (non-hydrogen) atoms. The van der Waals surface area contributed by atoms with Crippen LogP contribution in [0.4, 0.5) is 14.5 Å². The quantitative estimate of drug-likeness (QED) is 0.0957. The van der Waals surface area contributed by atoms with E-state index < -0.39 is 33.0 Å². The van der Waals surface area contributed by atoms with Crippen LogP contribution in [0.3, 0.4) is 0 Å². The van der Waals surface area contributed by atoms with Crippen molar-refractivity contribution in [3.8, 4) is 34.0 Å². The molecule has 16 heteroatoms. The topological polar surface area (TPSA) is 157 Å². The highest BCUT2D eigenvalue weighted by Crippen LogP contribution is 2.30. The molecule has 3 aromatic carbocycles. The van der Waals surface area contributed by atoms with Crippen LogP contribution in [0.5, 0.6) is 5.88 Å². The number of nitrogens with zero attached hydrogens (tertiary/aromatic N) is 5. The third kappa shape index (κ3) is 7.13. The van der Waals surface area contributed by atoms with Gasteiger partial charge in [-0.05, 0) is 53.6 Å². The van der Waals surface area contributed by atoms with Gasteiger partial charge in [0, 0.05) is 24.7 Å². The van der Waals surface area contributed by atoms with Crippen LogP contribution in [0.1, 0.15) is 12.8 Å². The number of sulfonamides is 1. The van der Waals surface area contributed by atoms with Gasteiger partial charge in [0.05, 0.1) is 28.8 Å². The molecular weight excluding hydrogens is 663 g/mol. The Morgan fingerprint density at radius 3 is 2.62 bits per heavy atom. The number of amides is 1. The highest BCUT2D eigenvalue weighted by Gasteiger charge is 2.23. The summed E-state index contributed by atoms with van der Waals surface area (Å²) in [6.45, 7) is 0.706. The maximum atomic E-state index is 15.8. The highest BCUT2D eigenvalue weighted by atomic mass is 32.2. The van der Waals surface area contributed by atoms with E-state index >= 15 is 8.78 Å². The molecule has 3 heterocycles. The van der Waals surface area contributed by atoms with E-state index in [2.05, 4.69) is 48.2 Å². The number of benzene rings is 3. The van der Waals surface area contributed by atoms with Crippen LogP contribution in [-0.2, 0) is 14.8 Å². The number of H-pyrrole nitrogens is 1. The van der Waals surface area contributed by atoms with Gasteiger partial charge in [0.25, 0.3) is 10.0 Å². The zero-order valence-corrected chi connectivity index (χ0v) is 26.8. The number of carbonyl (C=O) groups is 1. The van der Waals surface area contributed by atoms with Crippen LogP contribution >= 0.6 is 12.6 Å². The number of aromatic nitrogens is 6. The molecule has 0 radical (unpaired) electrons. The number of thiol groups is 1. The molecule has 246 valence electrons. The highest BCUT2D eigenvalue weighted by molar-refractivity contribution is 7.92. The van der Waals surface area contributed by atoms with Gasteiger partial charge in [-0.15, -0.1) is 10.2 Å². The summed E-state index contributed by atoms with van der Waals surface area (Å²) in [5.41, 5.74) is 1.48. The minimum Gasteiger partial charge on any atom is -0.476 e. The number of ether oxygens (including phenoxy) is 1. The summed E-state index contributed by atoms with van der Waals surface area (Å²) in [7, 11) is -4.26. The van der Waals surface area contributed by atoms with E-state index in [1.54, 1.807) is 18.2 Å². The van der Waals surface area contributed by atoms with Crippen LogP contribution in [-0.4, -0.2) is 63.4 Å². The Kier molecular flexibility index (Phi) is 9.63. The molecule has 0 bridgehead atoms. The van der Waals surface area contributed by atoms with Crippen molar-refractivity contribution in [2.24, 2.45) is 0 Å². The van der Waals surface area contributed by atoms with E-state index in [1.807, 2.05) is 30.3 Å². The molecule has 6 aromatic rings. The van der Waals surface area contributed by atoms with Crippen molar-refractivity contribution in [1.82, 2.24) is 35.5 Å². The van der Waals surface area contributed by atoms with Crippen molar-refractivity contribution in [3.63, 3.8) is 0 Å². The molecule has 0 aliphatic rings. The van der Waals surface area contributed by atoms with Gasteiger partial charge in [0.2, 0.25) is 11.8 Å². The number of fused-ring (bicyclic) bond motifs is 1. The predicted molar refractivity (Wildman–Crippen MR) is 178 cm³/mol. The van der Waals surface area contributed by atoms with Gasteiger partial charge in [-0.2, -0.15) is 12.6 Å². The fourth-order valence-electron chi connectivity index (χ4n) is 4.80. The summed E-state index contributed by atoms with van der Waals surface area (Å²) in [5, 5.41) is 18.2. The number of carbonyl (C=O) groups excluding carboxylic acids is 1. The van der Waals surface area contributed by atoms with Gasteiger partial charge in [0.1, 0.15) is 11.4 Å². The van der Waals surface area contributed by atoms with E-state index in [1.165, 1.54) is 24.5 Å². The lowest BCUT2D eigenvalue weighted by atomic mass is 10.1. The van der Waals surface area contributed by atoms with Crippen molar-refractivity contribution in [3.05, 3.63) is 96.8 Å². The standard InChI is InChI=1S/C32H28F2N8O4S2/c33-25-10-11-26(40-48(44,45)23-9-4-8-21(16-23)20-6-2-1-3-7-20)29(34)30(25)42-19-27(37-41-42)22-17-24-31(36-18-22)38-39-32(24)46-14-5-13-35-28(43)12-15-47/h1-4,6-11,16-19,40,47H,5,12-15H2,(H,35,43)(H,36,38,39). The second-order valence-corrected chi connectivity index (χ2v) is 12.6. The van der Waals surface area contributed by atoms with Crippen LogP contribution < -0.4 is 14.8 Å². The summed E-state index contributed by atoms with van der Waals surface area (Å²) < 4.78 is 66.2. The Balaban J connectivity index is 1.20. The molecule has 12 nitrogen and oxygen atoms in total. The molecule has 0 saturated carbocycles. The monoisotopic (exact) mass is 690 g/mol. The number of aromatic amines is 1. The normalized spacial score (nSPS) is 11.5. The fourth-order valence-corrected chi connectivity index (χ4v) is 6.11. The van der Waals surface area contributed by atoms with Crippen LogP contribution in [0.2, 0.25) is 0 Å². The third-order valence-electron chi connectivity index (χ3n) is 7.18. The molecule has 0 aliphatic carbocycles. The van der Waals surface area contributed by atoms with Crippen LogP contribution in [0.25, 0.3) is 39.1 Å². The summed E-state index contributed by atoms with van der Waals surface area (Å²) in [6.07, 6.45) is 3.65. The molecule has 1 amide bonds. The largest absolute Gasteiger partial charge is 0.476 e. The molecule has 0 fully saturated rings. The SMILES string of the molecule is O=C(CCS)NCCCOc1n[nH]c2ncc(-c3cn(-c4c(F)ccc(NS(=O)(=O)c5cccc(-c6ccccc6)c5)c4F)nn3)cc12. The maximum absolute atomic E-state index is 15.8. The first-order chi connectivity index (χ1) is 23.2. The first kappa shape index (κ1) is 32.6. The van der Waals surface area contributed by atoms with Gasteiger partial charge in [-0.3, -0.25) is 14.6 Å². The molecule has 3 N–H and O–H groups in total. The first-order valence-corrected chi connectivity index (χ1v) is 16.8. The van der Waals surface area contributed by atoms with Crippen molar-refractivity contribution in [1.29, 1.82) is 0 Å². The summed E-state index contributed by atoms with van der Waals surface area (Å²) in [5.74, 6) is -1.52. The van der Waals surface area contributed by atoms with Gasteiger partial charge in [0.15, 0.2) is 17.3 Å². The molecule has 0 unspecified atom stereocenters. The molecule has 0 atom stereocenters. The molecule has 3 aromatic heterocycles. The Morgan fingerprint density at radius 2 is 1.81 bits per heavy atom. The molecule has 0 saturated heterocycles. The summed E-state index contributed by atoms with van der Waals surface area (Å²) in [6, 6.07) is 19.0. The molecule has 6 rings (SSSR count). The van der Waals surface area contributed by atoms with E-state index in [4.69, 9.17) is 4.74 Å². The van der Waals surface area contributed by atoms with Gasteiger partial charge in [-0.1, -0.05) is 47.7 Å². The fraction of sp³-hybridized carbons (Fsp3) is 0.156. The predicted octanol–water partition coefficient (Wildman–Crippen LogP) is 5.16. The first-order valence-electron chi connectivity index (χ1n) is 14.7. The molecule has 0 aliphatic heterocycles. The number of halogens is 2. The Bertz CT molecular complexity index is 2190. The number of anilines is 1. The van der Waals surface area contributed by atoms with E-state index in [0.717, 1.165) is 22.4 Å². The van der Waals surface area contributed by atoms with Crippen LogP contribution in [0, 0.1) is 11.6 Å². The maximum Gasteiger partial charge on any atom is 0.262 e. The Labute approximate surface area is 279 Å². The Morgan fingerprint density at radius 1 is 1.00 bits per heavy atom. The van der Waals surface area contributed by atoms with Gasteiger partial charge in [-0.25, -0.2) is 26.9 Å². The smallest absolute Gasteiger partial charge is 0.262 e. The minimum absolute atomic E-state index is 0.0882. The zero-order valence-electron chi connectivity index (χ0n) is 25.1. The number of rotatable bonds is 13. The third-order valence-corrected chi connectivity index (χ3v) is 8.77. The lowest BCUT2D eigenvalue weighted by molar-refractivity contribution is -0.120. The van der Waals surface area contributed by atoms with Crippen molar-refractivity contribution in [2.45, 2.75) is 17.7 Å². The molecular formula is C32H28F2N8O4S2. The average Bonchev–Trinajstić information content (AvgIpc) is 3.74. The van der Waals surface area contributed by atoms with Crippen molar-refractivity contribution >= 4 is 45.3 Å². The number of nitrogens with one attached hydrogen (secondary N) is 3. The Hall–Kier alpha value is -5.35. The van der Waals surface area contributed by atoms with Crippen molar-refractivity contribution in [2.75, 3.05) is 23.6 Å². The molecule has 0 spiro atoms. The summed E-state index contributed by atoms with van der Waals surface area (Å²) in [4.78, 5) is 15.8. The zero-order chi connectivity index (χ0) is 33.7. The number of hydrogen-bond donors (Lipinski definition) is 4. The van der Waals surface area contributed by atoms with Crippen LogP contribution in [0.15, 0.2) is 90.1 Å². The second kappa shape index (κ2) is 14.2. The second-order valence-electron chi connectivity index (χ2n) is 10.5. The lowest BCUT2D eigenvalue weighted by Gasteiger charge is -2.13. The van der Waals surface area contributed by atoms with E-state index in [9.17, 15) is 13.2 Å². The number of pyridine rings is 1. The number of hydrogen-bond acceptors (Lipinski definition) is 9. The minimum atomic E-state index is -4.26. The van der Waals surface area contributed by atoms with E-state index in [0.29, 0.717) is 47.3 Å². The van der Waals surface area contributed by atoms with Gasteiger partial charge < -0.3 is 10.1 Å². The van der Waals surface area contributed by atoms with Gasteiger partial charge >= 0.3 is 0 Å². The van der Waals surface area contributed by atoms with Crippen molar-refractivity contribution < 1.29 is 26.7 Å².